The van der Waals surface area contributed by atoms with Gasteiger partial charge in [-0.15, -0.1) is 0 Å². The van der Waals surface area contributed by atoms with E-state index in [2.05, 4.69) is 39.7 Å². The minimum atomic E-state index is 0.376. The molecule has 2 aromatic heterocycles. The Labute approximate surface area is 198 Å². The molecule has 0 amide bonds. The van der Waals surface area contributed by atoms with E-state index in [1.54, 1.807) is 24.7 Å². The van der Waals surface area contributed by atoms with Crippen molar-refractivity contribution in [3.05, 3.63) is 82.8 Å². The molecule has 0 bridgehead atoms. The van der Waals surface area contributed by atoms with Gasteiger partial charge in [-0.25, -0.2) is 0 Å². The molecule has 4 aromatic rings. The van der Waals surface area contributed by atoms with E-state index in [0.717, 1.165) is 40.7 Å². The van der Waals surface area contributed by atoms with Crippen molar-refractivity contribution in [1.82, 2.24) is 9.97 Å². The minimum absolute atomic E-state index is 0.376. The molecular formula is C26H24ClN5O. The number of nitrogens with one attached hydrogen (secondary N) is 2. The normalized spacial score (nSPS) is 10.6. The summed E-state index contributed by atoms with van der Waals surface area (Å²) in [6.45, 7) is 2.53. The summed E-state index contributed by atoms with van der Waals surface area (Å²) in [6.07, 6.45) is 7.07. The topological polar surface area (TPSA) is 82.9 Å². The summed E-state index contributed by atoms with van der Waals surface area (Å²) in [5.74, 6) is 0.577. The monoisotopic (exact) mass is 457 g/mol. The first kappa shape index (κ1) is 22.4. The van der Waals surface area contributed by atoms with E-state index in [1.165, 1.54) is 5.56 Å². The molecule has 0 atom stereocenters. The van der Waals surface area contributed by atoms with Crippen LogP contribution in [-0.4, -0.2) is 17.0 Å². The molecule has 4 rings (SSSR count). The van der Waals surface area contributed by atoms with E-state index in [0.29, 0.717) is 28.6 Å². The summed E-state index contributed by atoms with van der Waals surface area (Å²) in [5, 5.41) is 17.7. The lowest BCUT2D eigenvalue weighted by Gasteiger charge is -2.16. The van der Waals surface area contributed by atoms with Gasteiger partial charge in [-0.2, -0.15) is 5.26 Å². The molecule has 0 aliphatic carbocycles. The zero-order valence-corrected chi connectivity index (χ0v) is 19.3. The van der Waals surface area contributed by atoms with Crippen molar-refractivity contribution in [2.24, 2.45) is 0 Å². The van der Waals surface area contributed by atoms with Gasteiger partial charge in [0.15, 0.2) is 0 Å². The summed E-state index contributed by atoms with van der Waals surface area (Å²) < 4.78 is 5.84. The van der Waals surface area contributed by atoms with Gasteiger partial charge in [0.2, 0.25) is 0 Å². The standard InChI is InChI=1S/C26H24ClN5O/c1-3-5-18-10-24-21(12-23(18)29-2)26(19(13-28)15-31-24)32-20-7-8-25(22(27)11-20)33-16-17-6-4-9-30-14-17/h4,6-12,14-15,29H,3,5,16H2,1-2H3,(H,31,32). The van der Waals surface area contributed by atoms with Gasteiger partial charge in [-0.3, -0.25) is 9.97 Å². The van der Waals surface area contributed by atoms with Crippen molar-refractivity contribution >= 4 is 39.6 Å². The molecule has 0 aliphatic heterocycles. The quantitative estimate of drug-likeness (QED) is 0.315. The molecule has 2 N–H and O–H groups in total. The summed E-state index contributed by atoms with van der Waals surface area (Å²) in [4.78, 5) is 8.61. The van der Waals surface area contributed by atoms with Crippen LogP contribution in [0.3, 0.4) is 0 Å². The van der Waals surface area contributed by atoms with Gasteiger partial charge in [0.1, 0.15) is 18.4 Å². The highest BCUT2D eigenvalue weighted by Gasteiger charge is 2.14. The van der Waals surface area contributed by atoms with E-state index >= 15 is 0 Å². The van der Waals surface area contributed by atoms with Crippen LogP contribution in [0.1, 0.15) is 30.0 Å². The summed E-state index contributed by atoms with van der Waals surface area (Å²) in [6, 6.07) is 15.7. The first-order valence-electron chi connectivity index (χ1n) is 10.7. The Kier molecular flexibility index (Phi) is 6.92. The van der Waals surface area contributed by atoms with Gasteiger partial charge < -0.3 is 15.4 Å². The van der Waals surface area contributed by atoms with Gasteiger partial charge >= 0.3 is 0 Å². The summed E-state index contributed by atoms with van der Waals surface area (Å²) in [5.41, 5.74) is 5.93. The summed E-state index contributed by atoms with van der Waals surface area (Å²) >= 11 is 6.49. The fraction of sp³-hybridized carbons (Fsp3) is 0.192. The number of benzene rings is 2. The zero-order chi connectivity index (χ0) is 23.2. The Morgan fingerprint density at radius 3 is 2.73 bits per heavy atom. The molecule has 166 valence electrons. The van der Waals surface area contributed by atoms with Crippen molar-refractivity contribution < 1.29 is 4.74 Å². The molecule has 7 heteroatoms. The van der Waals surface area contributed by atoms with Gasteiger partial charge in [-0.1, -0.05) is 31.0 Å². The zero-order valence-electron chi connectivity index (χ0n) is 18.5. The van der Waals surface area contributed by atoms with Gasteiger partial charge in [0.05, 0.1) is 21.8 Å². The van der Waals surface area contributed by atoms with E-state index in [1.807, 2.05) is 37.4 Å². The number of pyridine rings is 2. The minimum Gasteiger partial charge on any atom is -0.487 e. The number of ether oxygens (including phenoxy) is 1. The molecule has 0 fully saturated rings. The number of nitriles is 1. The van der Waals surface area contributed by atoms with Crippen LogP contribution >= 0.6 is 11.6 Å². The highest BCUT2D eigenvalue weighted by molar-refractivity contribution is 6.32. The number of fused-ring (bicyclic) bond motifs is 1. The second kappa shape index (κ2) is 10.2. The second-order valence-corrected chi connectivity index (χ2v) is 8.01. The molecule has 0 aliphatic rings. The van der Waals surface area contributed by atoms with Gasteiger partial charge in [0, 0.05) is 48.0 Å². The SMILES string of the molecule is CCCc1cc2ncc(C#N)c(Nc3ccc(OCc4cccnc4)c(Cl)c3)c2cc1NC. The molecule has 0 saturated carbocycles. The number of halogens is 1. The van der Waals surface area contributed by atoms with E-state index < -0.39 is 0 Å². The van der Waals surface area contributed by atoms with Gasteiger partial charge in [-0.05, 0) is 48.4 Å². The number of hydrogen-bond donors (Lipinski definition) is 2. The first-order valence-corrected chi connectivity index (χ1v) is 11.1. The average molecular weight is 458 g/mol. The van der Waals surface area contributed by atoms with Crippen LogP contribution in [0.2, 0.25) is 5.02 Å². The predicted octanol–water partition coefficient (Wildman–Crippen LogP) is 6.47. The average Bonchev–Trinajstić information content (AvgIpc) is 2.84. The molecule has 33 heavy (non-hydrogen) atoms. The second-order valence-electron chi connectivity index (χ2n) is 7.61. The number of nitrogens with zero attached hydrogens (tertiary/aromatic N) is 3. The van der Waals surface area contributed by atoms with Crippen molar-refractivity contribution in [1.29, 1.82) is 5.26 Å². The lowest BCUT2D eigenvalue weighted by Crippen LogP contribution is -2.01. The van der Waals surface area contributed by atoms with Crippen LogP contribution in [-0.2, 0) is 13.0 Å². The van der Waals surface area contributed by atoms with Crippen molar-refractivity contribution in [2.75, 3.05) is 17.7 Å². The van der Waals surface area contributed by atoms with E-state index in [-0.39, 0.29) is 0 Å². The largest absolute Gasteiger partial charge is 0.487 e. The number of rotatable bonds is 8. The Morgan fingerprint density at radius 1 is 1.15 bits per heavy atom. The van der Waals surface area contributed by atoms with Crippen LogP contribution in [0, 0.1) is 11.3 Å². The Balaban J connectivity index is 1.65. The maximum atomic E-state index is 9.70. The molecule has 0 unspecified atom stereocenters. The van der Waals surface area contributed by atoms with Crippen LogP contribution in [0.25, 0.3) is 10.9 Å². The molecule has 2 heterocycles. The van der Waals surface area contributed by atoms with Crippen LogP contribution < -0.4 is 15.4 Å². The van der Waals surface area contributed by atoms with Gasteiger partial charge in [0.25, 0.3) is 0 Å². The van der Waals surface area contributed by atoms with Crippen LogP contribution in [0.15, 0.2) is 61.1 Å². The maximum absolute atomic E-state index is 9.70. The maximum Gasteiger partial charge on any atom is 0.138 e. The molecule has 0 spiro atoms. The predicted molar refractivity (Wildman–Crippen MR) is 133 cm³/mol. The fourth-order valence-corrected chi connectivity index (χ4v) is 3.93. The van der Waals surface area contributed by atoms with E-state index in [4.69, 9.17) is 16.3 Å². The number of anilines is 3. The van der Waals surface area contributed by atoms with Crippen LogP contribution in [0.4, 0.5) is 17.1 Å². The Hall–Kier alpha value is -3.82. The Morgan fingerprint density at radius 2 is 2.03 bits per heavy atom. The van der Waals surface area contributed by atoms with Crippen molar-refractivity contribution in [2.45, 2.75) is 26.4 Å². The lowest BCUT2D eigenvalue weighted by atomic mass is 10.0. The Bertz CT molecular complexity index is 1320. The smallest absolute Gasteiger partial charge is 0.138 e. The van der Waals surface area contributed by atoms with Crippen molar-refractivity contribution in [3.63, 3.8) is 0 Å². The number of hydrogen-bond acceptors (Lipinski definition) is 6. The number of aromatic nitrogens is 2. The van der Waals surface area contributed by atoms with E-state index in [9.17, 15) is 5.26 Å². The molecular weight excluding hydrogens is 434 g/mol. The van der Waals surface area contributed by atoms with Crippen molar-refractivity contribution in [3.8, 4) is 11.8 Å². The molecule has 6 nitrogen and oxygen atoms in total. The fourth-order valence-electron chi connectivity index (χ4n) is 3.70. The number of aryl methyl sites for hydroxylation is 1. The third-order valence-corrected chi connectivity index (χ3v) is 5.62. The molecule has 0 saturated heterocycles. The lowest BCUT2D eigenvalue weighted by molar-refractivity contribution is 0.306. The summed E-state index contributed by atoms with van der Waals surface area (Å²) in [7, 11) is 1.90. The molecule has 2 aromatic carbocycles. The third kappa shape index (κ3) is 5.00. The third-order valence-electron chi connectivity index (χ3n) is 5.32. The highest BCUT2D eigenvalue weighted by atomic mass is 35.5. The first-order chi connectivity index (χ1) is 16.1. The molecule has 0 radical (unpaired) electrons. The van der Waals surface area contributed by atoms with Crippen LogP contribution in [0.5, 0.6) is 5.75 Å². The highest BCUT2D eigenvalue weighted by Crippen LogP contribution is 2.35.